The highest BCUT2D eigenvalue weighted by Gasteiger charge is 2.28. The zero-order valence-corrected chi connectivity index (χ0v) is 14.9. The van der Waals surface area contributed by atoms with Gasteiger partial charge in [0.1, 0.15) is 0 Å². The van der Waals surface area contributed by atoms with Gasteiger partial charge in [0, 0.05) is 12.6 Å². The molecule has 0 unspecified atom stereocenters. The molecule has 8 nitrogen and oxygen atoms in total. The van der Waals surface area contributed by atoms with Crippen LogP contribution in [0.2, 0.25) is 0 Å². The Bertz CT molecular complexity index is 877. The highest BCUT2D eigenvalue weighted by atomic mass is 16.5. The summed E-state index contributed by atoms with van der Waals surface area (Å²) in [6.45, 7) is 2.98. The Morgan fingerprint density at radius 2 is 1.67 bits per heavy atom. The summed E-state index contributed by atoms with van der Waals surface area (Å²) in [7, 11) is 0. The monoisotopic (exact) mass is 369 g/mol. The first-order valence-electron chi connectivity index (χ1n) is 8.12. The number of benzene rings is 2. The van der Waals surface area contributed by atoms with Gasteiger partial charge in [-0.05, 0) is 43.3 Å². The van der Waals surface area contributed by atoms with Crippen LogP contribution in [0, 0.1) is 0 Å². The zero-order chi connectivity index (χ0) is 20.0. The number of rotatable bonds is 4. The molecule has 2 aromatic rings. The van der Waals surface area contributed by atoms with Gasteiger partial charge in [-0.3, -0.25) is 14.4 Å². The number of anilines is 3. The van der Waals surface area contributed by atoms with Crippen molar-refractivity contribution in [3.8, 4) is 0 Å². The number of nitrogens with one attached hydrogen (secondary N) is 1. The number of hydrogen-bond donors (Lipinski definition) is 2. The largest absolute Gasteiger partial charge is 0.462 e. The van der Waals surface area contributed by atoms with Gasteiger partial charge in [0.05, 0.1) is 23.5 Å². The van der Waals surface area contributed by atoms with E-state index in [1.807, 2.05) is 0 Å². The molecule has 0 aliphatic heterocycles. The van der Waals surface area contributed by atoms with Crippen LogP contribution in [0.4, 0.5) is 17.1 Å². The number of para-hydroxylation sites is 1. The van der Waals surface area contributed by atoms with E-state index in [0.29, 0.717) is 5.69 Å². The van der Waals surface area contributed by atoms with Crippen molar-refractivity contribution in [2.24, 2.45) is 0 Å². The molecule has 3 amide bonds. The van der Waals surface area contributed by atoms with E-state index in [0.717, 1.165) is 11.8 Å². The molecule has 0 saturated heterocycles. The average Bonchev–Trinajstić information content (AvgIpc) is 2.63. The van der Waals surface area contributed by atoms with Crippen molar-refractivity contribution < 1.29 is 23.9 Å². The summed E-state index contributed by atoms with van der Waals surface area (Å²) in [6.07, 6.45) is 0. The van der Waals surface area contributed by atoms with Crippen LogP contribution in [0.5, 0.6) is 0 Å². The number of imide groups is 1. The Balaban J connectivity index is 2.26. The summed E-state index contributed by atoms with van der Waals surface area (Å²) in [5, 5.41) is 2.36. The molecule has 140 valence electrons. The molecule has 8 heteroatoms. The number of nitrogens with zero attached hydrogens (tertiary/aromatic N) is 1. The number of carbonyl (C=O) groups excluding carboxylic acids is 4. The van der Waals surface area contributed by atoms with Crippen LogP contribution in [0.15, 0.2) is 48.5 Å². The number of esters is 1. The van der Waals surface area contributed by atoms with Gasteiger partial charge in [0.15, 0.2) is 0 Å². The lowest BCUT2D eigenvalue weighted by molar-refractivity contribution is -0.136. The van der Waals surface area contributed by atoms with E-state index in [2.05, 4.69) is 5.32 Å². The molecule has 0 saturated carbocycles. The van der Waals surface area contributed by atoms with Gasteiger partial charge in [-0.15, -0.1) is 0 Å². The van der Waals surface area contributed by atoms with Crippen molar-refractivity contribution >= 4 is 40.8 Å². The van der Waals surface area contributed by atoms with Crippen molar-refractivity contribution in [2.45, 2.75) is 13.8 Å². The van der Waals surface area contributed by atoms with E-state index < -0.39 is 23.7 Å². The van der Waals surface area contributed by atoms with Crippen LogP contribution in [0.3, 0.4) is 0 Å². The summed E-state index contributed by atoms with van der Waals surface area (Å²) in [6, 6.07) is 12.0. The first-order valence-corrected chi connectivity index (χ1v) is 8.12. The molecule has 0 radical (unpaired) electrons. The molecule has 0 aliphatic carbocycles. The van der Waals surface area contributed by atoms with E-state index in [-0.39, 0.29) is 23.5 Å². The Morgan fingerprint density at radius 3 is 2.26 bits per heavy atom. The minimum atomic E-state index is -1.09. The van der Waals surface area contributed by atoms with Crippen molar-refractivity contribution in [1.82, 2.24) is 0 Å². The standard InChI is InChI=1S/C19H19N3O5/c1-3-27-19(26)15-6-4-5-7-16(15)21-17(24)18(25)22(12(2)23)14-10-8-13(20)9-11-14/h4-11H,3,20H2,1-2H3,(H,21,24). The summed E-state index contributed by atoms with van der Waals surface area (Å²) >= 11 is 0. The molecule has 0 heterocycles. The fraction of sp³-hybridized carbons (Fsp3) is 0.158. The first kappa shape index (κ1) is 19.6. The highest BCUT2D eigenvalue weighted by molar-refractivity contribution is 6.48. The van der Waals surface area contributed by atoms with Crippen LogP contribution < -0.4 is 16.0 Å². The summed E-state index contributed by atoms with van der Waals surface area (Å²) < 4.78 is 4.93. The van der Waals surface area contributed by atoms with Crippen molar-refractivity contribution in [1.29, 1.82) is 0 Å². The number of nitrogens with two attached hydrogens (primary N) is 1. The lowest BCUT2D eigenvalue weighted by Gasteiger charge is -2.19. The number of amides is 3. The summed E-state index contributed by atoms with van der Waals surface area (Å²) in [4.78, 5) is 49.5. The second-order valence-electron chi connectivity index (χ2n) is 5.47. The molecule has 0 aliphatic rings. The average molecular weight is 369 g/mol. The fourth-order valence-electron chi connectivity index (χ4n) is 2.32. The molecule has 27 heavy (non-hydrogen) atoms. The minimum Gasteiger partial charge on any atom is -0.462 e. The molecule has 0 fully saturated rings. The maximum atomic E-state index is 12.5. The normalized spacial score (nSPS) is 10.0. The Morgan fingerprint density at radius 1 is 1.04 bits per heavy atom. The van der Waals surface area contributed by atoms with Gasteiger partial charge >= 0.3 is 17.8 Å². The van der Waals surface area contributed by atoms with Crippen molar-refractivity contribution in [2.75, 3.05) is 22.6 Å². The van der Waals surface area contributed by atoms with Gasteiger partial charge in [0.2, 0.25) is 5.91 Å². The number of nitrogen functional groups attached to an aromatic ring is 1. The molecule has 0 aromatic heterocycles. The Hall–Kier alpha value is -3.68. The van der Waals surface area contributed by atoms with Crippen LogP contribution in [-0.2, 0) is 19.1 Å². The van der Waals surface area contributed by atoms with Crippen molar-refractivity contribution in [3.63, 3.8) is 0 Å². The molecule has 2 aromatic carbocycles. The predicted molar refractivity (Wildman–Crippen MR) is 100 cm³/mol. The van der Waals surface area contributed by atoms with Crippen LogP contribution in [0.1, 0.15) is 24.2 Å². The maximum absolute atomic E-state index is 12.5. The molecule has 0 spiro atoms. The van der Waals surface area contributed by atoms with E-state index in [1.165, 1.54) is 36.4 Å². The van der Waals surface area contributed by atoms with Gasteiger partial charge in [-0.2, -0.15) is 0 Å². The molecular weight excluding hydrogens is 350 g/mol. The highest BCUT2D eigenvalue weighted by Crippen LogP contribution is 2.19. The van der Waals surface area contributed by atoms with Crippen LogP contribution in [0.25, 0.3) is 0 Å². The van der Waals surface area contributed by atoms with Gasteiger partial charge < -0.3 is 15.8 Å². The predicted octanol–water partition coefficient (Wildman–Crippen LogP) is 1.96. The third kappa shape index (κ3) is 4.69. The third-order valence-corrected chi connectivity index (χ3v) is 3.53. The Kier molecular flexibility index (Phi) is 6.27. The minimum absolute atomic E-state index is 0.0994. The number of ether oxygens (including phenoxy) is 1. The van der Waals surface area contributed by atoms with Crippen molar-refractivity contribution in [3.05, 3.63) is 54.1 Å². The van der Waals surface area contributed by atoms with Crippen LogP contribution in [-0.4, -0.2) is 30.3 Å². The molecule has 3 N–H and O–H groups in total. The second-order valence-corrected chi connectivity index (χ2v) is 5.47. The lowest BCUT2D eigenvalue weighted by atomic mass is 10.1. The molecule has 2 rings (SSSR count). The van der Waals surface area contributed by atoms with Gasteiger partial charge in [-0.25, -0.2) is 9.69 Å². The summed E-state index contributed by atoms with van der Waals surface area (Å²) in [5.41, 5.74) is 6.46. The molecule has 0 bridgehead atoms. The molecule has 0 atom stereocenters. The van der Waals surface area contributed by atoms with Gasteiger partial charge in [-0.1, -0.05) is 12.1 Å². The van der Waals surface area contributed by atoms with E-state index in [1.54, 1.807) is 19.1 Å². The maximum Gasteiger partial charge on any atom is 0.340 e. The SMILES string of the molecule is CCOC(=O)c1ccccc1NC(=O)C(=O)N(C(C)=O)c1ccc(N)cc1. The van der Waals surface area contributed by atoms with Crippen LogP contribution >= 0.6 is 0 Å². The third-order valence-electron chi connectivity index (χ3n) is 3.53. The first-order chi connectivity index (χ1) is 12.8. The number of hydrogen-bond acceptors (Lipinski definition) is 6. The van der Waals surface area contributed by atoms with E-state index >= 15 is 0 Å². The number of carbonyl (C=O) groups is 4. The quantitative estimate of drug-likeness (QED) is 0.483. The topological polar surface area (TPSA) is 119 Å². The smallest absolute Gasteiger partial charge is 0.340 e. The lowest BCUT2D eigenvalue weighted by Crippen LogP contribution is -2.42. The summed E-state index contributed by atoms with van der Waals surface area (Å²) in [5.74, 6) is -3.44. The van der Waals surface area contributed by atoms with Gasteiger partial charge in [0.25, 0.3) is 0 Å². The second kappa shape index (κ2) is 8.61. The van der Waals surface area contributed by atoms with E-state index in [9.17, 15) is 19.2 Å². The van der Waals surface area contributed by atoms with E-state index in [4.69, 9.17) is 10.5 Å². The fourth-order valence-corrected chi connectivity index (χ4v) is 2.32. The zero-order valence-electron chi connectivity index (χ0n) is 14.9. The molecular formula is C19H19N3O5. The Labute approximate surface area is 155 Å².